The average molecular weight is 344 g/mol. The number of carbonyl (C=O) groups is 1. The zero-order valence-corrected chi connectivity index (χ0v) is 14.7. The van der Waals surface area contributed by atoms with Crippen LogP contribution >= 0.6 is 23.1 Å². The van der Waals surface area contributed by atoms with Gasteiger partial charge in [-0.1, -0.05) is 23.9 Å². The van der Waals surface area contributed by atoms with Gasteiger partial charge in [-0.15, -0.1) is 11.3 Å². The molecule has 0 aliphatic heterocycles. The molecule has 118 valence electrons. The van der Waals surface area contributed by atoms with Gasteiger partial charge in [0.2, 0.25) is 0 Å². The second kappa shape index (κ2) is 6.60. The predicted molar refractivity (Wildman–Crippen MR) is 94.7 cm³/mol. The van der Waals surface area contributed by atoms with E-state index in [1.54, 1.807) is 30.1 Å². The Kier molecular flexibility index (Phi) is 4.54. The fourth-order valence-electron chi connectivity index (χ4n) is 2.27. The minimum atomic E-state index is -0.463. The quantitative estimate of drug-likeness (QED) is 0.743. The summed E-state index contributed by atoms with van der Waals surface area (Å²) in [7, 11) is 1.54. The topological polar surface area (TPSA) is 51.2 Å². The van der Waals surface area contributed by atoms with Crippen LogP contribution in [-0.4, -0.2) is 18.1 Å². The molecule has 4 nitrogen and oxygen atoms in total. The summed E-state index contributed by atoms with van der Waals surface area (Å²) >= 11 is 3.34. The van der Waals surface area contributed by atoms with Crippen molar-refractivity contribution in [1.82, 2.24) is 10.3 Å². The van der Waals surface area contributed by atoms with Crippen molar-refractivity contribution in [2.75, 3.05) is 7.05 Å². The molecule has 3 aromatic rings. The molecule has 1 heterocycles. The number of hydrogen-bond acceptors (Lipinski definition) is 5. The number of aromatic nitrogens is 1. The maximum atomic E-state index is 11.3. The van der Waals surface area contributed by atoms with Crippen LogP contribution in [0.15, 0.2) is 45.6 Å². The number of thiazole rings is 1. The van der Waals surface area contributed by atoms with Crippen molar-refractivity contribution >= 4 is 39.4 Å². The molecule has 6 heteroatoms. The molecule has 0 aliphatic carbocycles. The van der Waals surface area contributed by atoms with Crippen LogP contribution in [0.25, 0.3) is 10.2 Å². The van der Waals surface area contributed by atoms with Gasteiger partial charge in [-0.25, -0.2) is 9.78 Å². The number of hydrogen-bond donors (Lipinski definition) is 1. The minimum Gasteiger partial charge on any atom is -0.410 e. The van der Waals surface area contributed by atoms with Crippen molar-refractivity contribution in [3.63, 3.8) is 0 Å². The van der Waals surface area contributed by atoms with E-state index in [1.807, 2.05) is 44.2 Å². The Morgan fingerprint density at radius 2 is 1.91 bits per heavy atom. The van der Waals surface area contributed by atoms with Gasteiger partial charge in [0.1, 0.15) is 5.75 Å². The lowest BCUT2D eigenvalue weighted by Crippen LogP contribution is -2.22. The van der Waals surface area contributed by atoms with Gasteiger partial charge in [0.05, 0.1) is 10.2 Å². The highest BCUT2D eigenvalue weighted by atomic mass is 32.2. The highest BCUT2D eigenvalue weighted by Crippen LogP contribution is 2.38. The normalized spacial score (nSPS) is 10.7. The van der Waals surface area contributed by atoms with E-state index >= 15 is 0 Å². The molecule has 0 saturated heterocycles. The Morgan fingerprint density at radius 3 is 2.57 bits per heavy atom. The molecule has 23 heavy (non-hydrogen) atoms. The molecule has 2 aromatic carbocycles. The Bertz CT molecular complexity index is 818. The molecule has 0 fully saturated rings. The summed E-state index contributed by atoms with van der Waals surface area (Å²) < 4.78 is 7.40. The summed E-state index contributed by atoms with van der Waals surface area (Å²) in [6.45, 7) is 4.03. The van der Waals surface area contributed by atoms with E-state index in [0.29, 0.717) is 5.75 Å². The molecule has 0 atom stereocenters. The summed E-state index contributed by atoms with van der Waals surface area (Å²) in [6, 6.07) is 11.9. The van der Waals surface area contributed by atoms with Crippen molar-refractivity contribution in [3.05, 3.63) is 47.5 Å². The molecule has 0 saturated carbocycles. The molecular weight excluding hydrogens is 328 g/mol. The molecule has 0 aliphatic rings. The van der Waals surface area contributed by atoms with Crippen LogP contribution < -0.4 is 10.1 Å². The number of aryl methyl sites for hydroxylation is 2. The van der Waals surface area contributed by atoms with Gasteiger partial charge in [0, 0.05) is 11.9 Å². The van der Waals surface area contributed by atoms with Crippen molar-refractivity contribution in [3.8, 4) is 5.75 Å². The fourth-order valence-corrected chi connectivity index (χ4v) is 4.41. The Hall–Kier alpha value is -2.05. The van der Waals surface area contributed by atoms with Crippen molar-refractivity contribution in [2.45, 2.75) is 23.1 Å². The van der Waals surface area contributed by atoms with E-state index in [4.69, 9.17) is 4.74 Å². The summed E-state index contributed by atoms with van der Waals surface area (Å²) in [5, 5.41) is 2.45. The third-order valence-corrected chi connectivity index (χ3v) is 5.76. The molecule has 1 aromatic heterocycles. The zero-order valence-electron chi connectivity index (χ0n) is 13.0. The number of nitrogens with zero attached hydrogens (tertiary/aromatic N) is 1. The molecule has 0 unspecified atom stereocenters. The molecule has 1 N–H and O–H groups in total. The first-order chi connectivity index (χ1) is 11.1. The zero-order chi connectivity index (χ0) is 16.4. The van der Waals surface area contributed by atoms with Crippen LogP contribution in [0.2, 0.25) is 0 Å². The minimum absolute atomic E-state index is 0.463. The van der Waals surface area contributed by atoms with Crippen LogP contribution in [0.3, 0.4) is 0 Å². The highest BCUT2D eigenvalue weighted by Gasteiger charge is 2.12. The van der Waals surface area contributed by atoms with E-state index in [0.717, 1.165) is 25.9 Å². The van der Waals surface area contributed by atoms with Crippen LogP contribution in [0, 0.1) is 13.8 Å². The van der Waals surface area contributed by atoms with E-state index in [1.165, 1.54) is 4.70 Å². The number of para-hydroxylation sites is 1. The third kappa shape index (κ3) is 3.48. The van der Waals surface area contributed by atoms with Gasteiger partial charge in [-0.2, -0.15) is 0 Å². The van der Waals surface area contributed by atoms with Crippen molar-refractivity contribution < 1.29 is 9.53 Å². The number of fused-ring (bicyclic) bond motifs is 1. The maximum Gasteiger partial charge on any atom is 0.412 e. The largest absolute Gasteiger partial charge is 0.412 e. The molecular formula is C17H16N2O2S2. The fraction of sp³-hybridized carbons (Fsp3) is 0.176. The first-order valence-corrected chi connectivity index (χ1v) is 8.74. The standard InChI is InChI=1S/C17H16N2O2S2/c1-10-8-12(21-16(20)18-3)9-11(2)15(10)23-17-19-13-6-4-5-7-14(13)22-17/h4-9H,1-3H3,(H,18,20). The smallest absolute Gasteiger partial charge is 0.410 e. The number of amides is 1. The predicted octanol–water partition coefficient (Wildman–Crippen LogP) is 4.78. The summed E-state index contributed by atoms with van der Waals surface area (Å²) in [6.07, 6.45) is -0.463. The summed E-state index contributed by atoms with van der Waals surface area (Å²) in [4.78, 5) is 17.1. The highest BCUT2D eigenvalue weighted by molar-refractivity contribution is 8.01. The summed E-state index contributed by atoms with van der Waals surface area (Å²) in [5.41, 5.74) is 3.15. The number of rotatable bonds is 3. The van der Waals surface area contributed by atoms with E-state index < -0.39 is 6.09 Å². The van der Waals surface area contributed by atoms with Crippen molar-refractivity contribution in [2.24, 2.45) is 0 Å². The second-order valence-electron chi connectivity index (χ2n) is 5.08. The molecule has 0 bridgehead atoms. The monoisotopic (exact) mass is 344 g/mol. The Morgan fingerprint density at radius 1 is 1.22 bits per heavy atom. The van der Waals surface area contributed by atoms with Crippen LogP contribution in [0.5, 0.6) is 5.75 Å². The number of nitrogens with one attached hydrogen (secondary N) is 1. The first kappa shape index (κ1) is 15.8. The summed E-state index contributed by atoms with van der Waals surface area (Å²) in [5.74, 6) is 0.549. The SMILES string of the molecule is CNC(=O)Oc1cc(C)c(Sc2nc3ccccc3s2)c(C)c1. The lowest BCUT2D eigenvalue weighted by molar-refractivity contribution is 0.203. The van der Waals surface area contributed by atoms with Crippen LogP contribution in [0.1, 0.15) is 11.1 Å². The molecule has 0 radical (unpaired) electrons. The molecule has 3 rings (SSSR count). The molecule has 0 spiro atoms. The number of ether oxygens (including phenoxy) is 1. The van der Waals surface area contributed by atoms with Gasteiger partial charge in [-0.05, 0) is 49.2 Å². The average Bonchev–Trinajstić information content (AvgIpc) is 2.93. The van der Waals surface area contributed by atoms with E-state index in [9.17, 15) is 4.79 Å². The number of benzene rings is 2. The second-order valence-corrected chi connectivity index (χ2v) is 7.36. The maximum absolute atomic E-state index is 11.3. The Labute approximate surface area is 142 Å². The van der Waals surface area contributed by atoms with Gasteiger partial charge in [-0.3, -0.25) is 0 Å². The van der Waals surface area contributed by atoms with Crippen LogP contribution in [0.4, 0.5) is 4.79 Å². The van der Waals surface area contributed by atoms with E-state index in [-0.39, 0.29) is 0 Å². The van der Waals surface area contributed by atoms with Crippen LogP contribution in [-0.2, 0) is 0 Å². The third-order valence-electron chi connectivity index (χ3n) is 3.31. The van der Waals surface area contributed by atoms with Gasteiger partial charge >= 0.3 is 6.09 Å². The Balaban J connectivity index is 1.89. The van der Waals surface area contributed by atoms with Gasteiger partial charge in [0.15, 0.2) is 4.34 Å². The van der Waals surface area contributed by atoms with Gasteiger partial charge in [0.25, 0.3) is 0 Å². The lowest BCUT2D eigenvalue weighted by atomic mass is 10.1. The lowest BCUT2D eigenvalue weighted by Gasteiger charge is -2.11. The van der Waals surface area contributed by atoms with Crippen molar-refractivity contribution in [1.29, 1.82) is 0 Å². The van der Waals surface area contributed by atoms with Gasteiger partial charge < -0.3 is 10.1 Å². The molecule has 1 amide bonds. The number of carbonyl (C=O) groups excluding carboxylic acids is 1. The first-order valence-electron chi connectivity index (χ1n) is 7.11. The van der Waals surface area contributed by atoms with E-state index in [2.05, 4.69) is 16.4 Å².